The number of hydrogen-bond acceptors (Lipinski definition) is 4. The molecule has 1 aliphatic heterocycles. The van der Waals surface area contributed by atoms with Gasteiger partial charge in [0.25, 0.3) is 0 Å². The minimum Gasteiger partial charge on any atom is -0.342 e. The maximum Gasteiger partial charge on any atom is 0.236 e. The highest BCUT2D eigenvalue weighted by Crippen LogP contribution is 2.09. The summed E-state index contributed by atoms with van der Waals surface area (Å²) in [6, 6.07) is 2.61. The monoisotopic (exact) mass is 266 g/mol. The number of carbonyl (C=O) groups excluding carboxylic acids is 1. The summed E-state index contributed by atoms with van der Waals surface area (Å²) in [4.78, 5) is 18.2. The highest BCUT2D eigenvalue weighted by atomic mass is 16.2. The molecule has 0 aromatic heterocycles. The molecule has 5 heteroatoms. The summed E-state index contributed by atoms with van der Waals surface area (Å²) in [6.07, 6.45) is 0.867. The highest BCUT2D eigenvalue weighted by molar-refractivity contribution is 5.78. The Morgan fingerprint density at radius 3 is 2.32 bits per heavy atom. The van der Waals surface area contributed by atoms with Crippen molar-refractivity contribution in [2.45, 2.75) is 39.3 Å². The molecule has 0 spiro atoms. The molecule has 0 aromatic rings. The van der Waals surface area contributed by atoms with Crippen molar-refractivity contribution >= 4 is 5.91 Å². The van der Waals surface area contributed by atoms with Crippen LogP contribution in [0.3, 0.4) is 0 Å². The molecule has 5 nitrogen and oxygen atoms in total. The number of likely N-dealkylation sites (N-methyl/N-ethyl adjacent to an activating group) is 1. The summed E-state index contributed by atoms with van der Waals surface area (Å²) in [6.45, 7) is 10.1. The van der Waals surface area contributed by atoms with Gasteiger partial charge in [0.15, 0.2) is 0 Å². The van der Waals surface area contributed by atoms with Crippen LogP contribution in [0.5, 0.6) is 0 Å². The zero-order valence-electron chi connectivity index (χ0n) is 12.6. The molecule has 0 saturated carbocycles. The average molecular weight is 266 g/mol. The van der Waals surface area contributed by atoms with E-state index >= 15 is 0 Å². The molecule has 19 heavy (non-hydrogen) atoms. The van der Waals surface area contributed by atoms with Crippen molar-refractivity contribution in [2.24, 2.45) is 0 Å². The van der Waals surface area contributed by atoms with Gasteiger partial charge in [0.1, 0.15) is 0 Å². The fraction of sp³-hybridized carbons (Fsp3) is 0.857. The quantitative estimate of drug-likeness (QED) is 0.737. The lowest BCUT2D eigenvalue weighted by atomic mass is 10.2. The number of piperazine rings is 1. The third-order valence-corrected chi connectivity index (χ3v) is 3.91. The summed E-state index contributed by atoms with van der Waals surface area (Å²) >= 11 is 0. The Morgan fingerprint density at radius 1 is 1.32 bits per heavy atom. The van der Waals surface area contributed by atoms with Gasteiger partial charge in [-0.2, -0.15) is 5.26 Å². The van der Waals surface area contributed by atoms with Gasteiger partial charge in [-0.15, -0.1) is 0 Å². The van der Waals surface area contributed by atoms with E-state index in [0.717, 1.165) is 32.6 Å². The zero-order valence-corrected chi connectivity index (χ0v) is 12.6. The Bertz CT molecular complexity index is 329. The van der Waals surface area contributed by atoms with Crippen LogP contribution < -0.4 is 0 Å². The standard InChI is InChI=1S/C14H26N4O/c1-5-13(10-15)18-8-6-17(7-9-18)11-14(19)16(4)12(2)3/h12-13H,5-9,11H2,1-4H3. The second-order valence-electron chi connectivity index (χ2n) is 5.46. The van der Waals surface area contributed by atoms with Crippen LogP contribution in [0.1, 0.15) is 27.2 Å². The van der Waals surface area contributed by atoms with Crippen molar-refractivity contribution in [1.29, 1.82) is 5.26 Å². The first-order valence-corrected chi connectivity index (χ1v) is 7.11. The van der Waals surface area contributed by atoms with E-state index in [-0.39, 0.29) is 18.0 Å². The minimum absolute atomic E-state index is 0.0242. The molecular weight excluding hydrogens is 240 g/mol. The molecule has 1 saturated heterocycles. The van der Waals surface area contributed by atoms with E-state index in [1.807, 2.05) is 27.8 Å². The molecule has 1 atom stereocenters. The smallest absolute Gasteiger partial charge is 0.236 e. The molecule has 0 aromatic carbocycles. The number of nitriles is 1. The van der Waals surface area contributed by atoms with Crippen molar-refractivity contribution in [2.75, 3.05) is 39.8 Å². The summed E-state index contributed by atoms with van der Waals surface area (Å²) < 4.78 is 0. The van der Waals surface area contributed by atoms with Crippen LogP contribution in [0.4, 0.5) is 0 Å². The lowest BCUT2D eigenvalue weighted by Crippen LogP contribution is -2.52. The predicted octanol–water partition coefficient (Wildman–Crippen LogP) is 0.773. The Kier molecular flexibility index (Phi) is 6.26. The van der Waals surface area contributed by atoms with E-state index in [1.165, 1.54) is 0 Å². The molecule has 1 fully saturated rings. The maximum atomic E-state index is 12.0. The van der Waals surface area contributed by atoms with Gasteiger partial charge in [-0.25, -0.2) is 0 Å². The number of amides is 1. The Balaban J connectivity index is 2.39. The van der Waals surface area contributed by atoms with Gasteiger partial charge in [-0.05, 0) is 20.3 Å². The van der Waals surface area contributed by atoms with E-state index < -0.39 is 0 Å². The summed E-state index contributed by atoms with van der Waals surface area (Å²) in [5.41, 5.74) is 0. The number of nitrogens with zero attached hydrogens (tertiary/aromatic N) is 4. The number of hydrogen-bond donors (Lipinski definition) is 0. The lowest BCUT2D eigenvalue weighted by molar-refractivity contribution is -0.133. The first kappa shape index (κ1) is 15.9. The van der Waals surface area contributed by atoms with Gasteiger partial charge in [0.05, 0.1) is 18.7 Å². The van der Waals surface area contributed by atoms with E-state index in [2.05, 4.69) is 15.9 Å². The van der Waals surface area contributed by atoms with Crippen LogP contribution in [0, 0.1) is 11.3 Å². The van der Waals surface area contributed by atoms with Gasteiger partial charge < -0.3 is 4.90 Å². The molecule has 1 unspecified atom stereocenters. The summed E-state index contributed by atoms with van der Waals surface area (Å²) in [5, 5.41) is 9.06. The summed E-state index contributed by atoms with van der Waals surface area (Å²) in [7, 11) is 1.85. The first-order chi connectivity index (χ1) is 8.99. The maximum absolute atomic E-state index is 12.0. The fourth-order valence-electron chi connectivity index (χ4n) is 2.26. The third kappa shape index (κ3) is 4.48. The molecule has 1 aliphatic rings. The third-order valence-electron chi connectivity index (χ3n) is 3.91. The molecule has 0 radical (unpaired) electrons. The van der Waals surface area contributed by atoms with Crippen LogP contribution >= 0.6 is 0 Å². The number of rotatable bonds is 5. The molecule has 0 bridgehead atoms. The van der Waals surface area contributed by atoms with Crippen molar-refractivity contribution in [3.63, 3.8) is 0 Å². The van der Waals surface area contributed by atoms with Gasteiger partial charge in [-0.1, -0.05) is 6.92 Å². The van der Waals surface area contributed by atoms with Gasteiger partial charge in [-0.3, -0.25) is 14.6 Å². The van der Waals surface area contributed by atoms with E-state index in [0.29, 0.717) is 6.54 Å². The fourth-order valence-corrected chi connectivity index (χ4v) is 2.26. The molecule has 1 amide bonds. The number of carbonyl (C=O) groups is 1. The van der Waals surface area contributed by atoms with Crippen LogP contribution in [0.15, 0.2) is 0 Å². The largest absolute Gasteiger partial charge is 0.342 e. The average Bonchev–Trinajstić information content (AvgIpc) is 2.41. The van der Waals surface area contributed by atoms with Crippen LogP contribution in [0.2, 0.25) is 0 Å². The summed E-state index contributed by atoms with van der Waals surface area (Å²) in [5.74, 6) is 0.177. The molecule has 0 aliphatic carbocycles. The van der Waals surface area contributed by atoms with Crippen molar-refractivity contribution in [3.8, 4) is 6.07 Å². The van der Waals surface area contributed by atoms with Gasteiger partial charge >= 0.3 is 0 Å². The predicted molar refractivity (Wildman–Crippen MR) is 75.6 cm³/mol. The molecule has 108 valence electrons. The van der Waals surface area contributed by atoms with E-state index in [9.17, 15) is 4.79 Å². The zero-order chi connectivity index (χ0) is 14.4. The van der Waals surface area contributed by atoms with Crippen molar-refractivity contribution < 1.29 is 4.79 Å². The van der Waals surface area contributed by atoms with Gasteiger partial charge in [0, 0.05) is 39.3 Å². The van der Waals surface area contributed by atoms with E-state index in [1.54, 1.807) is 4.90 Å². The Labute approximate surface area is 116 Å². The molecule has 1 heterocycles. The normalized spacial score (nSPS) is 19.2. The minimum atomic E-state index is 0.0242. The topological polar surface area (TPSA) is 50.6 Å². The van der Waals surface area contributed by atoms with Crippen LogP contribution in [-0.2, 0) is 4.79 Å². The SMILES string of the molecule is CCC(C#N)N1CCN(CC(=O)N(C)C(C)C)CC1. The Morgan fingerprint density at radius 2 is 1.89 bits per heavy atom. The van der Waals surface area contributed by atoms with E-state index in [4.69, 9.17) is 5.26 Å². The van der Waals surface area contributed by atoms with Crippen LogP contribution in [-0.4, -0.2) is 72.5 Å². The second kappa shape index (κ2) is 7.46. The molecule has 1 rings (SSSR count). The van der Waals surface area contributed by atoms with Crippen LogP contribution in [0.25, 0.3) is 0 Å². The highest BCUT2D eigenvalue weighted by Gasteiger charge is 2.24. The lowest BCUT2D eigenvalue weighted by Gasteiger charge is -2.37. The second-order valence-corrected chi connectivity index (χ2v) is 5.46. The Hall–Kier alpha value is -1.12. The first-order valence-electron chi connectivity index (χ1n) is 7.11. The molecule has 0 N–H and O–H groups in total. The van der Waals surface area contributed by atoms with Gasteiger partial charge in [0.2, 0.25) is 5.91 Å². The van der Waals surface area contributed by atoms with Crippen molar-refractivity contribution in [3.05, 3.63) is 0 Å². The molecular formula is C14H26N4O. The van der Waals surface area contributed by atoms with Crippen molar-refractivity contribution in [1.82, 2.24) is 14.7 Å².